The molecule has 0 atom stereocenters. The zero-order valence-electron chi connectivity index (χ0n) is 16.2. The van der Waals surface area contributed by atoms with E-state index >= 15 is 0 Å². The maximum atomic E-state index is 12.9. The minimum absolute atomic E-state index is 0.0102. The number of piperidine rings is 1. The Balaban J connectivity index is 1.54. The average Bonchev–Trinajstić information content (AvgIpc) is 2.70. The van der Waals surface area contributed by atoms with Gasteiger partial charge in [-0.3, -0.25) is 4.79 Å². The zero-order valence-corrected chi connectivity index (χ0v) is 17.0. The number of carbonyl (C=O) groups is 1. The largest absolute Gasteiger partial charge is 0.478 e. The number of likely N-dealkylation sites (tertiary alicyclic amines) is 1. The SMILES string of the molecule is COc1nccc(OC2CCN(C(=O)C(C)(C)Oc3ccc(Cl)cc3)CC2)n1. The number of aromatic nitrogens is 2. The van der Waals surface area contributed by atoms with Gasteiger partial charge >= 0.3 is 6.01 Å². The molecular formula is C20H24ClN3O4. The zero-order chi connectivity index (χ0) is 20.1. The van der Waals surface area contributed by atoms with Gasteiger partial charge in [-0.15, -0.1) is 0 Å². The number of halogens is 1. The number of carbonyl (C=O) groups excluding carboxylic acids is 1. The molecule has 7 nitrogen and oxygen atoms in total. The number of hydrogen-bond donors (Lipinski definition) is 0. The Hall–Kier alpha value is -2.54. The molecule has 0 bridgehead atoms. The number of hydrogen-bond acceptors (Lipinski definition) is 6. The summed E-state index contributed by atoms with van der Waals surface area (Å²) in [5.74, 6) is 1.03. The lowest BCUT2D eigenvalue weighted by molar-refractivity contribution is -0.147. The lowest BCUT2D eigenvalue weighted by Crippen LogP contribution is -2.52. The van der Waals surface area contributed by atoms with Gasteiger partial charge in [0.1, 0.15) is 11.9 Å². The third kappa shape index (κ3) is 5.04. The van der Waals surface area contributed by atoms with Gasteiger partial charge in [-0.1, -0.05) is 11.6 Å². The van der Waals surface area contributed by atoms with E-state index in [0.717, 1.165) is 12.8 Å². The summed E-state index contributed by atoms with van der Waals surface area (Å²) in [4.78, 5) is 22.9. The minimum atomic E-state index is -0.971. The van der Waals surface area contributed by atoms with Crippen molar-refractivity contribution in [3.05, 3.63) is 41.6 Å². The molecule has 1 saturated heterocycles. The van der Waals surface area contributed by atoms with E-state index in [1.54, 1.807) is 50.4 Å². The van der Waals surface area contributed by atoms with E-state index in [1.165, 1.54) is 7.11 Å². The van der Waals surface area contributed by atoms with E-state index in [9.17, 15) is 4.79 Å². The Morgan fingerprint density at radius 1 is 1.18 bits per heavy atom. The predicted molar refractivity (Wildman–Crippen MR) is 105 cm³/mol. The van der Waals surface area contributed by atoms with Crippen molar-refractivity contribution in [2.24, 2.45) is 0 Å². The Bertz CT molecular complexity index is 805. The highest BCUT2D eigenvalue weighted by Gasteiger charge is 2.36. The second-order valence-electron chi connectivity index (χ2n) is 7.06. The second kappa shape index (κ2) is 8.65. The fourth-order valence-corrected chi connectivity index (χ4v) is 3.18. The Labute approximate surface area is 169 Å². The first-order valence-electron chi connectivity index (χ1n) is 9.15. The summed E-state index contributed by atoms with van der Waals surface area (Å²) in [7, 11) is 1.51. The fourth-order valence-electron chi connectivity index (χ4n) is 3.06. The number of nitrogens with zero attached hydrogens (tertiary/aromatic N) is 3. The number of methoxy groups -OCH3 is 1. The quantitative estimate of drug-likeness (QED) is 0.733. The predicted octanol–water partition coefficient (Wildman–Crippen LogP) is 3.37. The van der Waals surface area contributed by atoms with Gasteiger partial charge in [0.05, 0.1) is 7.11 Å². The molecular weight excluding hydrogens is 382 g/mol. The average molecular weight is 406 g/mol. The molecule has 1 fully saturated rings. The number of rotatable bonds is 6. The standard InChI is InChI=1S/C20H24ClN3O4/c1-20(2,28-16-6-4-14(21)5-7-16)18(25)24-12-9-15(10-13-24)27-17-8-11-22-19(23-17)26-3/h4-8,11,15H,9-10,12-13H2,1-3H3. The Morgan fingerprint density at radius 2 is 1.86 bits per heavy atom. The van der Waals surface area contributed by atoms with Crippen LogP contribution in [0.3, 0.4) is 0 Å². The summed E-state index contributed by atoms with van der Waals surface area (Å²) in [6, 6.07) is 8.96. The van der Waals surface area contributed by atoms with Crippen LogP contribution in [0.5, 0.6) is 17.6 Å². The number of benzene rings is 1. The second-order valence-corrected chi connectivity index (χ2v) is 7.49. The van der Waals surface area contributed by atoms with Crippen LogP contribution in [0.4, 0.5) is 0 Å². The van der Waals surface area contributed by atoms with Gasteiger partial charge in [0, 0.05) is 43.2 Å². The van der Waals surface area contributed by atoms with Crippen LogP contribution in [-0.2, 0) is 4.79 Å². The Morgan fingerprint density at radius 3 is 2.50 bits per heavy atom. The van der Waals surface area contributed by atoms with Gasteiger partial charge in [-0.05, 0) is 38.1 Å². The molecule has 2 aromatic rings. The summed E-state index contributed by atoms with van der Waals surface area (Å²) in [5, 5.41) is 0.625. The van der Waals surface area contributed by atoms with E-state index < -0.39 is 5.60 Å². The Kier molecular flexibility index (Phi) is 6.24. The van der Waals surface area contributed by atoms with Crippen LogP contribution in [0.2, 0.25) is 5.02 Å². The molecule has 28 heavy (non-hydrogen) atoms. The van der Waals surface area contributed by atoms with Crippen molar-refractivity contribution in [2.75, 3.05) is 20.2 Å². The summed E-state index contributed by atoms with van der Waals surface area (Å²) < 4.78 is 16.8. The van der Waals surface area contributed by atoms with E-state index in [4.69, 9.17) is 25.8 Å². The first-order chi connectivity index (χ1) is 13.4. The smallest absolute Gasteiger partial charge is 0.319 e. The summed E-state index contributed by atoms with van der Waals surface area (Å²) in [5.41, 5.74) is -0.971. The monoisotopic (exact) mass is 405 g/mol. The highest BCUT2D eigenvalue weighted by Crippen LogP contribution is 2.25. The topological polar surface area (TPSA) is 73.8 Å². The third-order valence-corrected chi connectivity index (χ3v) is 4.76. The molecule has 8 heteroatoms. The fraction of sp³-hybridized carbons (Fsp3) is 0.450. The molecule has 1 aromatic heterocycles. The lowest BCUT2D eigenvalue weighted by Gasteiger charge is -2.36. The molecule has 0 unspecified atom stereocenters. The van der Waals surface area contributed by atoms with Crippen LogP contribution in [0, 0.1) is 0 Å². The summed E-state index contributed by atoms with van der Waals surface area (Å²) >= 11 is 5.90. The van der Waals surface area contributed by atoms with Crippen LogP contribution in [-0.4, -0.2) is 52.7 Å². The summed E-state index contributed by atoms with van der Waals surface area (Å²) in [6.07, 6.45) is 3.02. The molecule has 2 heterocycles. The van der Waals surface area contributed by atoms with Gasteiger partial charge < -0.3 is 19.1 Å². The maximum Gasteiger partial charge on any atom is 0.319 e. The molecule has 150 valence electrons. The first-order valence-corrected chi connectivity index (χ1v) is 9.53. The maximum absolute atomic E-state index is 12.9. The molecule has 0 spiro atoms. The molecule has 1 amide bonds. The van der Waals surface area contributed by atoms with Crippen LogP contribution < -0.4 is 14.2 Å². The van der Waals surface area contributed by atoms with Gasteiger partial charge in [0.2, 0.25) is 5.88 Å². The van der Waals surface area contributed by atoms with Gasteiger partial charge in [-0.2, -0.15) is 4.98 Å². The summed E-state index contributed by atoms with van der Waals surface area (Å²) in [6.45, 7) is 4.75. The van der Waals surface area contributed by atoms with Gasteiger partial charge in [0.25, 0.3) is 5.91 Å². The van der Waals surface area contributed by atoms with Crippen LogP contribution in [0.25, 0.3) is 0 Å². The third-order valence-electron chi connectivity index (χ3n) is 4.51. The number of amides is 1. The van der Waals surface area contributed by atoms with Crippen LogP contribution >= 0.6 is 11.6 Å². The van der Waals surface area contributed by atoms with Crippen molar-refractivity contribution in [1.82, 2.24) is 14.9 Å². The van der Waals surface area contributed by atoms with E-state index in [-0.39, 0.29) is 18.0 Å². The van der Waals surface area contributed by atoms with Crippen molar-refractivity contribution >= 4 is 17.5 Å². The molecule has 1 aromatic carbocycles. The van der Waals surface area contributed by atoms with Crippen LogP contribution in [0.15, 0.2) is 36.5 Å². The van der Waals surface area contributed by atoms with E-state index in [0.29, 0.717) is 29.7 Å². The molecule has 3 rings (SSSR count). The lowest BCUT2D eigenvalue weighted by atomic mass is 10.0. The number of ether oxygens (including phenoxy) is 3. The molecule has 0 N–H and O–H groups in total. The molecule has 0 aliphatic carbocycles. The normalized spacial score (nSPS) is 15.2. The molecule has 1 aliphatic rings. The van der Waals surface area contributed by atoms with Crippen molar-refractivity contribution < 1.29 is 19.0 Å². The van der Waals surface area contributed by atoms with Crippen molar-refractivity contribution in [3.8, 4) is 17.6 Å². The van der Waals surface area contributed by atoms with E-state index in [1.807, 2.05) is 4.90 Å². The van der Waals surface area contributed by atoms with Gasteiger partial charge in [-0.25, -0.2) is 4.98 Å². The molecule has 1 aliphatic heterocycles. The van der Waals surface area contributed by atoms with Crippen molar-refractivity contribution in [2.45, 2.75) is 38.4 Å². The highest BCUT2D eigenvalue weighted by molar-refractivity contribution is 6.30. The minimum Gasteiger partial charge on any atom is -0.478 e. The molecule has 0 radical (unpaired) electrons. The van der Waals surface area contributed by atoms with E-state index in [2.05, 4.69) is 9.97 Å². The van der Waals surface area contributed by atoms with Crippen LogP contribution in [0.1, 0.15) is 26.7 Å². The first kappa shape index (κ1) is 20.2. The van der Waals surface area contributed by atoms with Crippen molar-refractivity contribution in [1.29, 1.82) is 0 Å². The molecule has 0 saturated carbocycles. The highest BCUT2D eigenvalue weighted by atomic mass is 35.5. The van der Waals surface area contributed by atoms with Gasteiger partial charge in [0.15, 0.2) is 5.60 Å². The van der Waals surface area contributed by atoms with Crippen molar-refractivity contribution in [3.63, 3.8) is 0 Å².